The molecule has 0 aromatic heterocycles. The van der Waals surface area contributed by atoms with E-state index in [-0.39, 0.29) is 4.90 Å². The Labute approximate surface area is 140 Å². The molecular weight excluding hydrogens is 328 g/mol. The Morgan fingerprint density at radius 1 is 1.12 bits per heavy atom. The van der Waals surface area contributed by atoms with Crippen LogP contribution in [0.3, 0.4) is 0 Å². The zero-order valence-corrected chi connectivity index (χ0v) is 13.9. The molecule has 0 aliphatic rings. The Bertz CT molecular complexity index is 849. The van der Waals surface area contributed by atoms with Gasteiger partial charge in [0.1, 0.15) is 0 Å². The Kier molecular flexibility index (Phi) is 5.67. The first-order chi connectivity index (χ1) is 11.4. The molecule has 2 rings (SSSR count). The molecule has 0 unspecified atom stereocenters. The van der Waals surface area contributed by atoms with E-state index in [9.17, 15) is 13.2 Å². The summed E-state index contributed by atoms with van der Waals surface area (Å²) in [5.74, 6) is -0.572. The highest BCUT2D eigenvalue weighted by molar-refractivity contribution is 7.89. The highest BCUT2D eigenvalue weighted by Gasteiger charge is 2.14. The number of hydrogen-bond acceptors (Lipinski definition) is 5. The number of nitrogens with zero attached hydrogens (tertiary/aromatic N) is 1. The number of nitrogens with two attached hydrogens (primary N) is 1. The van der Waals surface area contributed by atoms with Crippen LogP contribution in [-0.4, -0.2) is 26.6 Å². The van der Waals surface area contributed by atoms with Crippen LogP contribution in [0.1, 0.15) is 12.5 Å². The minimum atomic E-state index is -3.73. The van der Waals surface area contributed by atoms with E-state index >= 15 is 0 Å². The van der Waals surface area contributed by atoms with Gasteiger partial charge in [-0.2, -0.15) is 5.10 Å². The molecule has 1 amide bonds. The second-order valence-electron chi connectivity index (χ2n) is 5.00. The molecule has 126 valence electrons. The predicted molar refractivity (Wildman–Crippen MR) is 92.8 cm³/mol. The number of amides is 1. The quantitative estimate of drug-likeness (QED) is 0.413. The van der Waals surface area contributed by atoms with Crippen molar-refractivity contribution in [3.05, 3.63) is 60.2 Å². The van der Waals surface area contributed by atoms with E-state index in [1.54, 1.807) is 49.4 Å². The first-order valence-corrected chi connectivity index (χ1v) is 8.60. The van der Waals surface area contributed by atoms with Crippen LogP contribution in [0.4, 0.5) is 5.69 Å². The molecule has 0 aliphatic heterocycles. The summed E-state index contributed by atoms with van der Waals surface area (Å²) in [6.07, 6.45) is 0. The number of anilines is 1. The van der Waals surface area contributed by atoms with Crippen molar-refractivity contribution in [2.45, 2.75) is 11.8 Å². The molecule has 4 N–H and O–H groups in total. The SMILES string of the molecule is C/C(=N\NC(=O)CNS(=O)(=O)c1ccccc1)c1cccc(N)c1. The number of rotatable bonds is 6. The second kappa shape index (κ2) is 7.71. The maximum absolute atomic E-state index is 12.0. The van der Waals surface area contributed by atoms with E-state index in [0.717, 1.165) is 5.56 Å². The minimum absolute atomic E-state index is 0.0947. The highest BCUT2D eigenvalue weighted by atomic mass is 32.2. The molecule has 0 radical (unpaired) electrons. The van der Waals surface area contributed by atoms with Gasteiger partial charge in [-0.25, -0.2) is 18.6 Å². The van der Waals surface area contributed by atoms with Crippen LogP contribution in [0.2, 0.25) is 0 Å². The molecule has 0 aliphatic carbocycles. The fourth-order valence-corrected chi connectivity index (χ4v) is 2.86. The number of benzene rings is 2. The van der Waals surface area contributed by atoms with E-state index in [4.69, 9.17) is 5.73 Å². The van der Waals surface area contributed by atoms with Gasteiger partial charge < -0.3 is 5.73 Å². The number of nitrogens with one attached hydrogen (secondary N) is 2. The smallest absolute Gasteiger partial charge is 0.255 e. The number of hydrazone groups is 1. The summed E-state index contributed by atoms with van der Waals surface area (Å²) >= 11 is 0. The second-order valence-corrected chi connectivity index (χ2v) is 6.76. The Morgan fingerprint density at radius 3 is 2.50 bits per heavy atom. The zero-order chi connectivity index (χ0) is 17.6. The lowest BCUT2D eigenvalue weighted by Gasteiger charge is -2.06. The standard InChI is InChI=1S/C16H18N4O3S/c1-12(13-6-5-7-14(17)10-13)19-20-16(21)11-18-24(22,23)15-8-3-2-4-9-15/h2-10,18H,11,17H2,1H3,(H,20,21)/b19-12+. The molecule has 0 saturated heterocycles. The third-order valence-electron chi connectivity index (χ3n) is 3.13. The lowest BCUT2D eigenvalue weighted by atomic mass is 10.1. The summed E-state index contributed by atoms with van der Waals surface area (Å²) in [6.45, 7) is 1.30. The molecule has 0 bridgehead atoms. The topological polar surface area (TPSA) is 114 Å². The van der Waals surface area contributed by atoms with Crippen LogP contribution in [0, 0.1) is 0 Å². The number of carbonyl (C=O) groups is 1. The Hall–Kier alpha value is -2.71. The van der Waals surface area contributed by atoms with Crippen molar-refractivity contribution in [3.8, 4) is 0 Å². The Morgan fingerprint density at radius 2 is 1.83 bits per heavy atom. The normalized spacial score (nSPS) is 12.0. The monoisotopic (exact) mass is 346 g/mol. The fourth-order valence-electron chi connectivity index (χ4n) is 1.86. The lowest BCUT2D eigenvalue weighted by Crippen LogP contribution is -2.35. The van der Waals surface area contributed by atoms with Crippen LogP contribution in [0.15, 0.2) is 64.6 Å². The number of carbonyl (C=O) groups excluding carboxylic acids is 1. The largest absolute Gasteiger partial charge is 0.399 e. The van der Waals surface area contributed by atoms with Crippen molar-refractivity contribution in [1.82, 2.24) is 10.1 Å². The van der Waals surface area contributed by atoms with Gasteiger partial charge in [0.05, 0.1) is 17.2 Å². The van der Waals surface area contributed by atoms with Gasteiger partial charge >= 0.3 is 0 Å². The van der Waals surface area contributed by atoms with E-state index in [0.29, 0.717) is 11.4 Å². The van der Waals surface area contributed by atoms with E-state index < -0.39 is 22.5 Å². The maximum Gasteiger partial charge on any atom is 0.255 e. The van der Waals surface area contributed by atoms with Crippen molar-refractivity contribution >= 4 is 27.3 Å². The average molecular weight is 346 g/mol. The molecular formula is C16H18N4O3S. The molecule has 7 nitrogen and oxygen atoms in total. The summed E-state index contributed by atoms with van der Waals surface area (Å²) in [5.41, 5.74) is 9.90. The third kappa shape index (κ3) is 4.90. The average Bonchev–Trinajstić information content (AvgIpc) is 2.58. The Balaban J connectivity index is 1.93. The van der Waals surface area contributed by atoms with Gasteiger partial charge in [-0.05, 0) is 36.8 Å². The third-order valence-corrected chi connectivity index (χ3v) is 4.55. The summed E-state index contributed by atoms with van der Waals surface area (Å²) in [7, 11) is -3.73. The molecule has 24 heavy (non-hydrogen) atoms. The highest BCUT2D eigenvalue weighted by Crippen LogP contribution is 2.08. The summed E-state index contributed by atoms with van der Waals surface area (Å²) in [4.78, 5) is 11.8. The molecule has 0 fully saturated rings. The van der Waals surface area contributed by atoms with Gasteiger partial charge in [0.25, 0.3) is 5.91 Å². The van der Waals surface area contributed by atoms with Crippen molar-refractivity contribution in [2.75, 3.05) is 12.3 Å². The van der Waals surface area contributed by atoms with Gasteiger partial charge in [-0.1, -0.05) is 30.3 Å². The number of sulfonamides is 1. The van der Waals surface area contributed by atoms with Crippen molar-refractivity contribution in [3.63, 3.8) is 0 Å². The molecule has 2 aromatic carbocycles. The number of hydrogen-bond donors (Lipinski definition) is 3. The molecule has 2 aromatic rings. The first-order valence-electron chi connectivity index (χ1n) is 7.12. The van der Waals surface area contributed by atoms with Gasteiger partial charge in [0.2, 0.25) is 10.0 Å². The maximum atomic E-state index is 12.0. The van der Waals surface area contributed by atoms with Crippen LogP contribution < -0.4 is 15.9 Å². The van der Waals surface area contributed by atoms with Gasteiger partial charge in [-0.3, -0.25) is 4.79 Å². The van der Waals surface area contributed by atoms with E-state index in [1.165, 1.54) is 12.1 Å². The number of nitrogen functional groups attached to an aromatic ring is 1. The van der Waals surface area contributed by atoms with Crippen molar-refractivity contribution < 1.29 is 13.2 Å². The summed E-state index contributed by atoms with van der Waals surface area (Å²) in [6, 6.07) is 14.9. The first kappa shape index (κ1) is 17.6. The van der Waals surface area contributed by atoms with Gasteiger partial charge in [0.15, 0.2) is 0 Å². The molecule has 0 spiro atoms. The van der Waals surface area contributed by atoms with Gasteiger partial charge in [-0.15, -0.1) is 0 Å². The zero-order valence-electron chi connectivity index (χ0n) is 13.1. The van der Waals surface area contributed by atoms with Crippen LogP contribution >= 0.6 is 0 Å². The fraction of sp³-hybridized carbons (Fsp3) is 0.125. The van der Waals surface area contributed by atoms with Crippen LogP contribution in [-0.2, 0) is 14.8 Å². The summed E-state index contributed by atoms with van der Waals surface area (Å²) < 4.78 is 26.2. The van der Waals surface area contributed by atoms with E-state index in [2.05, 4.69) is 15.2 Å². The minimum Gasteiger partial charge on any atom is -0.399 e. The molecule has 8 heteroatoms. The molecule has 0 heterocycles. The van der Waals surface area contributed by atoms with Gasteiger partial charge in [0, 0.05) is 5.69 Å². The summed E-state index contributed by atoms with van der Waals surface area (Å²) in [5, 5.41) is 3.94. The molecule has 0 saturated carbocycles. The van der Waals surface area contributed by atoms with Crippen molar-refractivity contribution in [1.29, 1.82) is 0 Å². The lowest BCUT2D eigenvalue weighted by molar-refractivity contribution is -0.119. The van der Waals surface area contributed by atoms with Crippen molar-refractivity contribution in [2.24, 2.45) is 5.10 Å². The van der Waals surface area contributed by atoms with Crippen LogP contribution in [0.5, 0.6) is 0 Å². The van der Waals surface area contributed by atoms with E-state index in [1.807, 2.05) is 0 Å². The predicted octanol–water partition coefficient (Wildman–Crippen LogP) is 1.09. The van der Waals surface area contributed by atoms with Crippen LogP contribution in [0.25, 0.3) is 0 Å². The molecule has 0 atom stereocenters.